The first-order valence-electron chi connectivity index (χ1n) is 9.82. The molecule has 0 atom stereocenters. The molecule has 0 bridgehead atoms. The molecule has 27 heavy (non-hydrogen) atoms. The Morgan fingerprint density at radius 1 is 1.26 bits per heavy atom. The lowest BCUT2D eigenvalue weighted by Crippen LogP contribution is -2.47. The molecule has 5 nitrogen and oxygen atoms in total. The van der Waals surface area contributed by atoms with Crippen molar-refractivity contribution in [1.29, 1.82) is 0 Å². The molecule has 146 valence electrons. The number of carbonyl (C=O) groups is 1. The minimum atomic E-state index is -0.270. The summed E-state index contributed by atoms with van der Waals surface area (Å²) in [6.07, 6.45) is 3.35. The molecule has 2 heterocycles. The van der Waals surface area contributed by atoms with Gasteiger partial charge in [-0.05, 0) is 70.5 Å². The largest absolute Gasteiger partial charge is 0.339 e. The average molecular weight is 372 g/mol. The molecule has 2 aromatic rings. The molecule has 0 radical (unpaired) electrons. The minimum absolute atomic E-state index is 0.175. The Labute approximate surface area is 160 Å². The third kappa shape index (κ3) is 4.38. The van der Waals surface area contributed by atoms with Crippen molar-refractivity contribution in [2.45, 2.75) is 52.5 Å². The van der Waals surface area contributed by atoms with Crippen LogP contribution in [0.5, 0.6) is 0 Å². The lowest BCUT2D eigenvalue weighted by molar-refractivity contribution is -0.133. The number of nitrogens with zero attached hydrogens (tertiary/aromatic N) is 3. The second-order valence-corrected chi connectivity index (χ2v) is 7.28. The van der Waals surface area contributed by atoms with Crippen LogP contribution < -0.4 is 5.32 Å². The Morgan fingerprint density at radius 3 is 2.56 bits per heavy atom. The number of hydrogen-bond acceptors (Lipinski definition) is 3. The Bertz CT molecular complexity index is 778. The van der Waals surface area contributed by atoms with Crippen molar-refractivity contribution in [2.75, 3.05) is 19.6 Å². The van der Waals surface area contributed by atoms with Gasteiger partial charge in [-0.3, -0.25) is 4.79 Å². The maximum atomic E-state index is 13.2. The highest BCUT2D eigenvalue weighted by Gasteiger charge is 2.26. The summed E-state index contributed by atoms with van der Waals surface area (Å²) in [7, 11) is 0. The summed E-state index contributed by atoms with van der Waals surface area (Å²) in [6.45, 7) is 8.76. The van der Waals surface area contributed by atoms with E-state index in [1.807, 2.05) is 13.8 Å². The summed E-state index contributed by atoms with van der Waals surface area (Å²) in [5, 5.41) is 7.96. The number of aromatic nitrogens is 2. The molecule has 0 aliphatic carbocycles. The number of nitrogens with one attached hydrogen (secondary N) is 1. The monoisotopic (exact) mass is 372 g/mol. The van der Waals surface area contributed by atoms with Gasteiger partial charge in [0.05, 0.1) is 17.8 Å². The van der Waals surface area contributed by atoms with Crippen LogP contribution in [-0.4, -0.2) is 46.3 Å². The van der Waals surface area contributed by atoms with Crippen molar-refractivity contribution in [2.24, 2.45) is 0 Å². The quantitative estimate of drug-likeness (QED) is 0.847. The standard InChI is InChI=1S/C21H29FN4O/c1-4-13-25(18-9-11-23-12-10-18)21(27)14-20-15(2)24-26(16(20)3)19-7-5-17(22)6-8-19/h5-8,18,23H,4,9-14H2,1-3H3. The Morgan fingerprint density at radius 2 is 1.93 bits per heavy atom. The first-order valence-corrected chi connectivity index (χ1v) is 9.82. The number of halogens is 1. The lowest BCUT2D eigenvalue weighted by atomic mass is 10.0. The molecular weight excluding hydrogens is 343 g/mol. The van der Waals surface area contributed by atoms with Gasteiger partial charge >= 0.3 is 0 Å². The molecule has 0 spiro atoms. The molecule has 1 aromatic carbocycles. The predicted molar refractivity (Wildman–Crippen MR) is 105 cm³/mol. The average Bonchev–Trinajstić information content (AvgIpc) is 2.95. The van der Waals surface area contributed by atoms with Crippen LogP contribution in [0.1, 0.15) is 43.1 Å². The van der Waals surface area contributed by atoms with Crippen LogP contribution in [-0.2, 0) is 11.2 Å². The summed E-state index contributed by atoms with van der Waals surface area (Å²) < 4.78 is 15.0. The predicted octanol–water partition coefficient (Wildman–Crippen LogP) is 3.16. The first kappa shape index (κ1) is 19.5. The fourth-order valence-electron chi connectivity index (χ4n) is 3.89. The van der Waals surface area contributed by atoms with Gasteiger partial charge in [-0.25, -0.2) is 9.07 Å². The van der Waals surface area contributed by atoms with Gasteiger partial charge in [0, 0.05) is 23.8 Å². The zero-order chi connectivity index (χ0) is 19.4. The van der Waals surface area contributed by atoms with Crippen molar-refractivity contribution in [3.05, 3.63) is 47.0 Å². The smallest absolute Gasteiger partial charge is 0.227 e. The van der Waals surface area contributed by atoms with Crippen LogP contribution in [0.15, 0.2) is 24.3 Å². The molecule has 0 unspecified atom stereocenters. The van der Waals surface area contributed by atoms with E-state index in [1.165, 1.54) is 12.1 Å². The van der Waals surface area contributed by atoms with Crippen molar-refractivity contribution in [3.63, 3.8) is 0 Å². The second kappa shape index (κ2) is 8.65. The molecule has 1 saturated heterocycles. The zero-order valence-corrected chi connectivity index (χ0v) is 16.5. The number of carbonyl (C=O) groups excluding carboxylic acids is 1. The summed E-state index contributed by atoms with van der Waals surface area (Å²) in [4.78, 5) is 15.2. The molecule has 6 heteroatoms. The van der Waals surface area contributed by atoms with Crippen LogP contribution in [0.4, 0.5) is 4.39 Å². The van der Waals surface area contributed by atoms with E-state index in [1.54, 1.807) is 16.8 Å². The van der Waals surface area contributed by atoms with Gasteiger partial charge < -0.3 is 10.2 Å². The first-order chi connectivity index (χ1) is 13.0. The van der Waals surface area contributed by atoms with Crippen molar-refractivity contribution in [3.8, 4) is 5.69 Å². The van der Waals surface area contributed by atoms with E-state index in [0.29, 0.717) is 12.5 Å². The molecule has 3 rings (SSSR count). The topological polar surface area (TPSA) is 50.2 Å². The molecule has 1 N–H and O–H groups in total. The minimum Gasteiger partial charge on any atom is -0.339 e. The molecular formula is C21H29FN4O. The van der Waals surface area contributed by atoms with Gasteiger partial charge in [0.15, 0.2) is 0 Å². The van der Waals surface area contributed by atoms with Gasteiger partial charge in [0.25, 0.3) is 0 Å². The number of benzene rings is 1. The Kier molecular flexibility index (Phi) is 6.26. The highest BCUT2D eigenvalue weighted by Crippen LogP contribution is 2.21. The van der Waals surface area contributed by atoms with Crippen molar-refractivity contribution in [1.82, 2.24) is 20.0 Å². The van der Waals surface area contributed by atoms with Gasteiger partial charge in [0.1, 0.15) is 5.82 Å². The molecule has 1 fully saturated rings. The lowest BCUT2D eigenvalue weighted by Gasteiger charge is -2.34. The van der Waals surface area contributed by atoms with Gasteiger partial charge in [-0.15, -0.1) is 0 Å². The molecule has 0 saturated carbocycles. The van der Waals surface area contributed by atoms with Crippen LogP contribution in [0.3, 0.4) is 0 Å². The van der Waals surface area contributed by atoms with Crippen LogP contribution in [0.2, 0.25) is 0 Å². The Balaban J connectivity index is 1.81. The van der Waals surface area contributed by atoms with Gasteiger partial charge in [-0.1, -0.05) is 6.92 Å². The zero-order valence-electron chi connectivity index (χ0n) is 16.5. The number of amides is 1. The third-order valence-electron chi connectivity index (χ3n) is 5.37. The fourth-order valence-corrected chi connectivity index (χ4v) is 3.89. The molecule has 1 aliphatic heterocycles. The number of rotatable bonds is 6. The van der Waals surface area contributed by atoms with Crippen LogP contribution >= 0.6 is 0 Å². The van der Waals surface area contributed by atoms with Crippen LogP contribution in [0, 0.1) is 19.7 Å². The number of hydrogen-bond donors (Lipinski definition) is 1. The summed E-state index contributed by atoms with van der Waals surface area (Å²) in [6, 6.07) is 6.59. The van der Waals surface area contributed by atoms with E-state index < -0.39 is 0 Å². The van der Waals surface area contributed by atoms with Crippen molar-refractivity contribution >= 4 is 5.91 Å². The van der Waals surface area contributed by atoms with Gasteiger partial charge in [0.2, 0.25) is 5.91 Å². The van der Waals surface area contributed by atoms with E-state index >= 15 is 0 Å². The molecule has 1 amide bonds. The molecule has 1 aliphatic rings. The van der Waals surface area contributed by atoms with E-state index in [9.17, 15) is 9.18 Å². The SMILES string of the molecule is CCCN(C(=O)Cc1c(C)nn(-c2ccc(F)cc2)c1C)C1CCNCC1. The van der Waals surface area contributed by atoms with E-state index in [-0.39, 0.29) is 11.7 Å². The highest BCUT2D eigenvalue weighted by molar-refractivity contribution is 5.79. The Hall–Kier alpha value is -2.21. The van der Waals surface area contributed by atoms with Gasteiger partial charge in [-0.2, -0.15) is 5.10 Å². The van der Waals surface area contributed by atoms with E-state index in [0.717, 1.165) is 61.5 Å². The van der Waals surface area contributed by atoms with Crippen LogP contribution in [0.25, 0.3) is 5.69 Å². The van der Waals surface area contributed by atoms with Crippen molar-refractivity contribution < 1.29 is 9.18 Å². The summed E-state index contributed by atoms with van der Waals surface area (Å²) in [5.41, 5.74) is 3.57. The van der Waals surface area contributed by atoms with E-state index in [2.05, 4.69) is 22.2 Å². The maximum absolute atomic E-state index is 13.2. The number of aryl methyl sites for hydroxylation is 1. The fraction of sp³-hybridized carbons (Fsp3) is 0.524. The summed E-state index contributed by atoms with van der Waals surface area (Å²) in [5.74, 6) is -0.0959. The third-order valence-corrected chi connectivity index (χ3v) is 5.37. The highest BCUT2D eigenvalue weighted by atomic mass is 19.1. The normalized spacial score (nSPS) is 15.1. The number of piperidine rings is 1. The molecule has 1 aromatic heterocycles. The summed E-state index contributed by atoms with van der Waals surface area (Å²) >= 11 is 0. The second-order valence-electron chi connectivity index (χ2n) is 7.28. The van der Waals surface area contributed by atoms with E-state index in [4.69, 9.17) is 0 Å². The maximum Gasteiger partial charge on any atom is 0.227 e.